The number of carbonyl (C=O) groups excluding carboxylic acids is 3. The van der Waals surface area contributed by atoms with Crippen molar-refractivity contribution in [3.05, 3.63) is 0 Å². The molecule has 0 amide bonds. The van der Waals surface area contributed by atoms with Crippen LogP contribution in [0.25, 0.3) is 0 Å². The fourth-order valence-electron chi connectivity index (χ4n) is 1.28. The Morgan fingerprint density at radius 2 is 1.64 bits per heavy atom. The van der Waals surface area contributed by atoms with Crippen LogP contribution in [0.3, 0.4) is 0 Å². The third-order valence-electron chi connectivity index (χ3n) is 2.19. The molecule has 0 unspecified atom stereocenters. The molecule has 1 rings (SSSR count). The molecule has 0 bridgehead atoms. The summed E-state index contributed by atoms with van der Waals surface area (Å²) in [4.78, 5) is 33.2. The van der Waals surface area contributed by atoms with Gasteiger partial charge in [-0.25, -0.2) is 0 Å². The van der Waals surface area contributed by atoms with Gasteiger partial charge in [0.1, 0.15) is 0 Å². The molecule has 0 radical (unpaired) electrons. The van der Waals surface area contributed by atoms with E-state index in [1.807, 2.05) is 0 Å². The summed E-state index contributed by atoms with van der Waals surface area (Å²) in [5, 5.41) is 0. The van der Waals surface area contributed by atoms with E-state index in [0.29, 0.717) is 0 Å². The second kappa shape index (κ2) is 2.00. The second-order valence-electron chi connectivity index (χ2n) is 3.40. The maximum Gasteiger partial charge on any atom is 0.212 e. The van der Waals surface area contributed by atoms with Crippen LogP contribution in [0, 0.1) is 11.3 Å². The van der Waals surface area contributed by atoms with Gasteiger partial charge in [0.2, 0.25) is 11.6 Å². The number of hydrogen-bond donors (Lipinski definition) is 0. The topological polar surface area (TPSA) is 51.2 Å². The van der Waals surface area contributed by atoms with E-state index in [1.54, 1.807) is 0 Å². The largest absolute Gasteiger partial charge is 0.298 e. The molecule has 0 aliphatic heterocycles. The lowest BCUT2D eigenvalue weighted by Crippen LogP contribution is -2.26. The second-order valence-corrected chi connectivity index (χ2v) is 3.40. The van der Waals surface area contributed by atoms with Gasteiger partial charge in [-0.3, -0.25) is 14.4 Å². The van der Waals surface area contributed by atoms with Gasteiger partial charge in [0.05, 0.1) is 11.3 Å². The smallest absolute Gasteiger partial charge is 0.212 e. The van der Waals surface area contributed by atoms with Crippen molar-refractivity contribution in [3.63, 3.8) is 0 Å². The first-order chi connectivity index (χ1) is 4.89. The summed E-state index contributed by atoms with van der Waals surface area (Å²) >= 11 is 0. The van der Waals surface area contributed by atoms with E-state index < -0.39 is 22.9 Å². The van der Waals surface area contributed by atoms with E-state index in [1.165, 1.54) is 20.8 Å². The fourth-order valence-corrected chi connectivity index (χ4v) is 1.28. The van der Waals surface area contributed by atoms with Crippen molar-refractivity contribution in [1.82, 2.24) is 0 Å². The van der Waals surface area contributed by atoms with Gasteiger partial charge in [-0.1, -0.05) is 0 Å². The molecule has 0 aromatic carbocycles. The molecular formula is C8H10O3. The molecule has 3 nitrogen and oxygen atoms in total. The SMILES string of the molecule is C[C@@H]1C(=O)C(=O)C(C)(C)C1=O. The van der Waals surface area contributed by atoms with Crippen molar-refractivity contribution in [2.24, 2.45) is 11.3 Å². The lowest BCUT2D eigenvalue weighted by atomic mass is 9.88. The molecule has 0 saturated heterocycles. The summed E-state index contributed by atoms with van der Waals surface area (Å²) < 4.78 is 0. The number of Topliss-reactive ketones (excluding diaryl/α,β-unsaturated/α-hetero) is 3. The lowest BCUT2D eigenvalue weighted by molar-refractivity contribution is -0.139. The monoisotopic (exact) mass is 154 g/mol. The third kappa shape index (κ3) is 0.836. The van der Waals surface area contributed by atoms with Gasteiger partial charge in [0, 0.05) is 0 Å². The molecule has 1 atom stereocenters. The van der Waals surface area contributed by atoms with Gasteiger partial charge in [-0.05, 0) is 20.8 Å². The van der Waals surface area contributed by atoms with E-state index in [-0.39, 0.29) is 5.78 Å². The zero-order chi connectivity index (χ0) is 8.81. The minimum atomic E-state index is -1.07. The van der Waals surface area contributed by atoms with E-state index in [0.717, 1.165) is 0 Å². The molecular weight excluding hydrogens is 144 g/mol. The quantitative estimate of drug-likeness (QED) is 0.374. The molecule has 0 aromatic heterocycles. The molecule has 1 saturated carbocycles. The van der Waals surface area contributed by atoms with Crippen LogP contribution in [-0.2, 0) is 14.4 Å². The molecule has 3 heteroatoms. The predicted octanol–water partition coefficient (Wildman–Crippen LogP) is 0.370. The molecule has 11 heavy (non-hydrogen) atoms. The first kappa shape index (κ1) is 8.11. The summed E-state index contributed by atoms with van der Waals surface area (Å²) in [6.07, 6.45) is 0. The normalized spacial score (nSPS) is 29.7. The zero-order valence-corrected chi connectivity index (χ0v) is 6.80. The van der Waals surface area contributed by atoms with Crippen LogP contribution in [0.4, 0.5) is 0 Å². The highest BCUT2D eigenvalue weighted by Gasteiger charge is 2.52. The summed E-state index contributed by atoms with van der Waals surface area (Å²) in [5.74, 6) is -2.07. The van der Waals surface area contributed by atoms with Crippen LogP contribution < -0.4 is 0 Å². The maximum absolute atomic E-state index is 11.2. The van der Waals surface area contributed by atoms with Gasteiger partial charge in [-0.2, -0.15) is 0 Å². The summed E-state index contributed by atoms with van der Waals surface area (Å²) in [6, 6.07) is 0. The van der Waals surface area contributed by atoms with Crippen molar-refractivity contribution in [2.45, 2.75) is 20.8 Å². The lowest BCUT2D eigenvalue weighted by Gasteiger charge is -2.10. The number of carbonyl (C=O) groups is 3. The molecule has 1 aliphatic carbocycles. The predicted molar refractivity (Wildman–Crippen MR) is 38.0 cm³/mol. The van der Waals surface area contributed by atoms with Crippen LogP contribution in [0.1, 0.15) is 20.8 Å². The van der Waals surface area contributed by atoms with Gasteiger partial charge in [0.15, 0.2) is 5.78 Å². The highest BCUT2D eigenvalue weighted by Crippen LogP contribution is 2.31. The average molecular weight is 154 g/mol. The summed E-state index contributed by atoms with van der Waals surface area (Å²) in [6.45, 7) is 4.48. The van der Waals surface area contributed by atoms with E-state index in [9.17, 15) is 14.4 Å². The van der Waals surface area contributed by atoms with E-state index >= 15 is 0 Å². The standard InChI is InChI=1S/C8H10O3/c1-4-5(9)7(11)8(2,3)6(4)10/h4H,1-3H3/t4-/m1/s1. The van der Waals surface area contributed by atoms with E-state index in [2.05, 4.69) is 0 Å². The van der Waals surface area contributed by atoms with Crippen LogP contribution in [0.5, 0.6) is 0 Å². The molecule has 1 aliphatic rings. The number of hydrogen-bond acceptors (Lipinski definition) is 3. The van der Waals surface area contributed by atoms with E-state index in [4.69, 9.17) is 0 Å². The Hall–Kier alpha value is -0.990. The van der Waals surface area contributed by atoms with Gasteiger partial charge in [-0.15, -0.1) is 0 Å². The zero-order valence-electron chi connectivity index (χ0n) is 6.80. The molecule has 60 valence electrons. The third-order valence-corrected chi connectivity index (χ3v) is 2.19. The minimum Gasteiger partial charge on any atom is -0.298 e. The summed E-state index contributed by atoms with van der Waals surface area (Å²) in [5.41, 5.74) is -1.07. The molecule has 1 fully saturated rings. The molecule has 0 aromatic rings. The highest BCUT2D eigenvalue weighted by molar-refractivity contribution is 6.52. The molecule has 0 heterocycles. The molecule has 0 spiro atoms. The Balaban J connectivity index is 3.16. The van der Waals surface area contributed by atoms with Crippen molar-refractivity contribution in [3.8, 4) is 0 Å². The van der Waals surface area contributed by atoms with Gasteiger partial charge < -0.3 is 0 Å². The number of ketones is 3. The van der Waals surface area contributed by atoms with Crippen LogP contribution >= 0.6 is 0 Å². The van der Waals surface area contributed by atoms with Crippen molar-refractivity contribution in [1.29, 1.82) is 0 Å². The highest BCUT2D eigenvalue weighted by atomic mass is 16.2. The van der Waals surface area contributed by atoms with Crippen LogP contribution in [0.15, 0.2) is 0 Å². The van der Waals surface area contributed by atoms with Crippen LogP contribution in [0.2, 0.25) is 0 Å². The Bertz CT molecular complexity index is 250. The maximum atomic E-state index is 11.2. The van der Waals surface area contributed by atoms with Crippen LogP contribution in [-0.4, -0.2) is 17.3 Å². The van der Waals surface area contributed by atoms with Gasteiger partial charge >= 0.3 is 0 Å². The first-order valence-corrected chi connectivity index (χ1v) is 3.52. The minimum absolute atomic E-state index is 0.257. The number of rotatable bonds is 0. The molecule has 0 N–H and O–H groups in total. The van der Waals surface area contributed by atoms with Gasteiger partial charge in [0.25, 0.3) is 0 Å². The Morgan fingerprint density at radius 1 is 1.18 bits per heavy atom. The van der Waals surface area contributed by atoms with Crippen molar-refractivity contribution in [2.75, 3.05) is 0 Å². The average Bonchev–Trinajstić information content (AvgIpc) is 2.06. The fraction of sp³-hybridized carbons (Fsp3) is 0.625. The first-order valence-electron chi connectivity index (χ1n) is 3.52. The Morgan fingerprint density at radius 3 is 1.73 bits per heavy atom. The summed E-state index contributed by atoms with van der Waals surface area (Å²) in [7, 11) is 0. The Labute approximate surface area is 64.8 Å². The van der Waals surface area contributed by atoms with Crippen molar-refractivity contribution < 1.29 is 14.4 Å². The van der Waals surface area contributed by atoms with Crippen molar-refractivity contribution >= 4 is 17.3 Å². The Kier molecular flexibility index (Phi) is 1.47.